The van der Waals surface area contributed by atoms with Crippen LogP contribution in [-0.4, -0.2) is 5.78 Å². The lowest BCUT2D eigenvalue weighted by molar-refractivity contribution is -0.110. The summed E-state index contributed by atoms with van der Waals surface area (Å²) in [6.45, 7) is 0. The summed E-state index contributed by atoms with van der Waals surface area (Å²) >= 11 is 0. The third-order valence-electron chi connectivity index (χ3n) is 5.73. The van der Waals surface area contributed by atoms with E-state index in [9.17, 15) is 4.79 Å². The molecular weight excluding hydrogens is 220 g/mol. The molecule has 1 nitrogen and oxygen atoms in total. The van der Waals surface area contributed by atoms with Gasteiger partial charge in [0.15, 0.2) is 5.78 Å². The van der Waals surface area contributed by atoms with E-state index in [0.29, 0.717) is 5.92 Å². The van der Waals surface area contributed by atoms with Gasteiger partial charge in [0, 0.05) is 5.92 Å². The number of hydrogen-bond acceptors (Lipinski definition) is 1. The Morgan fingerprint density at radius 2 is 1.94 bits per heavy atom. The van der Waals surface area contributed by atoms with Crippen LogP contribution in [0.4, 0.5) is 0 Å². The van der Waals surface area contributed by atoms with Gasteiger partial charge in [0.05, 0.1) is 0 Å². The second-order valence-corrected chi connectivity index (χ2v) is 6.44. The fourth-order valence-corrected chi connectivity index (χ4v) is 4.96. The van der Waals surface area contributed by atoms with Crippen molar-refractivity contribution in [2.45, 2.75) is 32.1 Å². The highest BCUT2D eigenvalue weighted by molar-refractivity contribution is 6.00. The molecule has 2 fully saturated rings. The highest BCUT2D eigenvalue weighted by Crippen LogP contribution is 2.54. The molecule has 0 N–H and O–H groups in total. The summed E-state index contributed by atoms with van der Waals surface area (Å²) < 4.78 is 0. The molecule has 2 saturated carbocycles. The largest absolute Gasteiger partial charge is 0.290 e. The van der Waals surface area contributed by atoms with Gasteiger partial charge < -0.3 is 0 Å². The highest BCUT2D eigenvalue weighted by atomic mass is 16.1. The first-order valence-corrected chi connectivity index (χ1v) is 7.42. The molecule has 0 aromatic heterocycles. The van der Waals surface area contributed by atoms with Crippen molar-refractivity contribution < 1.29 is 4.79 Å². The third kappa shape index (κ3) is 1.49. The predicted molar refractivity (Wildman–Crippen MR) is 71.9 cm³/mol. The Bertz CT molecular complexity index is 468. The number of carbonyl (C=O) groups excluding carboxylic acids is 1. The maximum atomic E-state index is 11.5. The van der Waals surface area contributed by atoms with Crippen LogP contribution in [-0.2, 0) is 4.79 Å². The van der Waals surface area contributed by atoms with Crippen LogP contribution in [0.5, 0.6) is 0 Å². The SMILES string of the molecule is O=C1C=CC2C(=C1)CCC1C3CC=CC3CCC21. The smallest absolute Gasteiger partial charge is 0.178 e. The Morgan fingerprint density at radius 1 is 1.00 bits per heavy atom. The molecule has 4 rings (SSSR count). The summed E-state index contributed by atoms with van der Waals surface area (Å²) in [4.78, 5) is 11.5. The minimum atomic E-state index is 0.205. The van der Waals surface area contributed by atoms with Gasteiger partial charge in [-0.3, -0.25) is 4.79 Å². The Hall–Kier alpha value is -1.11. The summed E-state index contributed by atoms with van der Waals surface area (Å²) in [6, 6.07) is 0. The Morgan fingerprint density at radius 3 is 2.89 bits per heavy atom. The fraction of sp³-hybridized carbons (Fsp3) is 0.588. The lowest BCUT2D eigenvalue weighted by Crippen LogP contribution is -2.40. The summed E-state index contributed by atoms with van der Waals surface area (Å²) in [5.41, 5.74) is 1.42. The normalized spacial score (nSPS) is 45.2. The van der Waals surface area contributed by atoms with Crippen molar-refractivity contribution in [2.75, 3.05) is 0 Å². The van der Waals surface area contributed by atoms with E-state index in [1.165, 1.54) is 31.3 Å². The van der Waals surface area contributed by atoms with Gasteiger partial charge in [0.2, 0.25) is 0 Å². The molecule has 18 heavy (non-hydrogen) atoms. The van der Waals surface area contributed by atoms with E-state index < -0.39 is 0 Å². The number of hydrogen-bond donors (Lipinski definition) is 0. The summed E-state index contributed by atoms with van der Waals surface area (Å²) in [6.07, 6.45) is 17.3. The number of carbonyl (C=O) groups is 1. The van der Waals surface area contributed by atoms with Gasteiger partial charge in [0.1, 0.15) is 0 Å². The molecule has 0 aromatic rings. The third-order valence-corrected chi connectivity index (χ3v) is 5.73. The average molecular weight is 240 g/mol. The zero-order valence-corrected chi connectivity index (χ0v) is 10.7. The molecule has 4 aliphatic carbocycles. The molecule has 0 saturated heterocycles. The second kappa shape index (κ2) is 3.94. The summed E-state index contributed by atoms with van der Waals surface area (Å²) in [5, 5.41) is 0. The minimum Gasteiger partial charge on any atom is -0.290 e. The van der Waals surface area contributed by atoms with Gasteiger partial charge in [-0.05, 0) is 67.9 Å². The van der Waals surface area contributed by atoms with E-state index in [1.807, 2.05) is 6.08 Å². The molecule has 94 valence electrons. The van der Waals surface area contributed by atoms with Crippen molar-refractivity contribution in [2.24, 2.45) is 29.6 Å². The molecule has 0 amide bonds. The first kappa shape index (κ1) is 10.8. The maximum Gasteiger partial charge on any atom is 0.178 e. The topological polar surface area (TPSA) is 17.1 Å². The second-order valence-electron chi connectivity index (χ2n) is 6.44. The van der Waals surface area contributed by atoms with Crippen LogP contribution in [0.15, 0.2) is 36.0 Å². The summed E-state index contributed by atoms with van der Waals surface area (Å²) in [5.74, 6) is 4.29. The Balaban J connectivity index is 1.64. The Labute approximate surface area is 109 Å². The van der Waals surface area contributed by atoms with Crippen molar-refractivity contribution >= 4 is 5.78 Å². The van der Waals surface area contributed by atoms with Gasteiger partial charge in [-0.25, -0.2) is 0 Å². The lowest BCUT2D eigenvalue weighted by Gasteiger charge is -2.47. The number of allylic oxidation sites excluding steroid dienone is 6. The molecule has 0 spiro atoms. The van der Waals surface area contributed by atoms with E-state index >= 15 is 0 Å². The van der Waals surface area contributed by atoms with Gasteiger partial charge >= 0.3 is 0 Å². The molecule has 0 aliphatic heterocycles. The van der Waals surface area contributed by atoms with E-state index in [2.05, 4.69) is 18.2 Å². The van der Waals surface area contributed by atoms with Crippen LogP contribution in [0.25, 0.3) is 0 Å². The van der Waals surface area contributed by atoms with Crippen molar-refractivity contribution in [3.05, 3.63) is 36.0 Å². The number of ketones is 1. The predicted octanol–water partition coefficient (Wildman–Crippen LogP) is 3.68. The molecule has 0 bridgehead atoms. The van der Waals surface area contributed by atoms with Crippen LogP contribution >= 0.6 is 0 Å². The number of fused-ring (bicyclic) bond motifs is 5. The molecule has 1 heteroatoms. The van der Waals surface area contributed by atoms with Crippen molar-refractivity contribution in [3.63, 3.8) is 0 Å². The average Bonchev–Trinajstić information content (AvgIpc) is 2.86. The van der Waals surface area contributed by atoms with E-state index in [0.717, 1.165) is 30.1 Å². The van der Waals surface area contributed by atoms with Crippen molar-refractivity contribution in [3.8, 4) is 0 Å². The fourth-order valence-electron chi connectivity index (χ4n) is 4.96. The quantitative estimate of drug-likeness (QED) is 0.590. The van der Waals surface area contributed by atoms with Crippen LogP contribution in [0.2, 0.25) is 0 Å². The first-order chi connectivity index (χ1) is 8.83. The standard InChI is InChI=1S/C17H20O/c18-13-6-9-15-12(10-13)5-8-16-14-3-1-2-11(14)4-7-17(15)16/h1-2,6,9-11,14-17H,3-5,7-8H2. The van der Waals surface area contributed by atoms with Crippen LogP contribution in [0.1, 0.15) is 32.1 Å². The zero-order valence-electron chi connectivity index (χ0n) is 10.7. The maximum absolute atomic E-state index is 11.5. The molecule has 5 atom stereocenters. The van der Waals surface area contributed by atoms with E-state index in [1.54, 1.807) is 6.08 Å². The van der Waals surface area contributed by atoms with Crippen LogP contribution in [0.3, 0.4) is 0 Å². The zero-order chi connectivity index (χ0) is 12.1. The Kier molecular flexibility index (Phi) is 2.36. The first-order valence-electron chi connectivity index (χ1n) is 7.42. The van der Waals surface area contributed by atoms with Crippen LogP contribution in [0, 0.1) is 29.6 Å². The van der Waals surface area contributed by atoms with Gasteiger partial charge in [-0.2, -0.15) is 0 Å². The minimum absolute atomic E-state index is 0.205. The molecular formula is C17H20O. The van der Waals surface area contributed by atoms with Crippen LogP contribution < -0.4 is 0 Å². The van der Waals surface area contributed by atoms with E-state index in [4.69, 9.17) is 0 Å². The van der Waals surface area contributed by atoms with Gasteiger partial charge in [0.25, 0.3) is 0 Å². The van der Waals surface area contributed by atoms with Crippen molar-refractivity contribution in [1.82, 2.24) is 0 Å². The lowest BCUT2D eigenvalue weighted by atomic mass is 9.57. The van der Waals surface area contributed by atoms with E-state index in [-0.39, 0.29) is 5.78 Å². The highest BCUT2D eigenvalue weighted by Gasteiger charge is 2.45. The molecule has 0 radical (unpaired) electrons. The monoisotopic (exact) mass is 240 g/mol. The molecule has 5 unspecified atom stereocenters. The number of rotatable bonds is 0. The molecule has 4 aliphatic rings. The molecule has 0 aromatic carbocycles. The van der Waals surface area contributed by atoms with Gasteiger partial charge in [-0.15, -0.1) is 0 Å². The van der Waals surface area contributed by atoms with Crippen molar-refractivity contribution in [1.29, 1.82) is 0 Å². The van der Waals surface area contributed by atoms with Gasteiger partial charge in [-0.1, -0.05) is 23.8 Å². The molecule has 0 heterocycles. The summed E-state index contributed by atoms with van der Waals surface area (Å²) in [7, 11) is 0.